The minimum Gasteiger partial charge on any atom is -0.295 e. The zero-order chi connectivity index (χ0) is 18.7. The lowest BCUT2D eigenvalue weighted by Crippen LogP contribution is -2.50. The van der Waals surface area contributed by atoms with Crippen LogP contribution in [0.15, 0.2) is 84.9 Å². The van der Waals surface area contributed by atoms with Crippen molar-refractivity contribution in [2.75, 3.05) is 6.54 Å². The van der Waals surface area contributed by atoms with E-state index in [0.717, 1.165) is 13.1 Å². The van der Waals surface area contributed by atoms with Gasteiger partial charge in [0.05, 0.1) is 0 Å². The van der Waals surface area contributed by atoms with Gasteiger partial charge in [-0.2, -0.15) is 0 Å². The Labute approximate surface area is 163 Å². The fourth-order valence-corrected chi connectivity index (χ4v) is 4.51. The summed E-state index contributed by atoms with van der Waals surface area (Å²) in [5, 5.41) is 0. The van der Waals surface area contributed by atoms with Gasteiger partial charge in [-0.1, -0.05) is 90.5 Å². The van der Waals surface area contributed by atoms with Crippen molar-refractivity contribution in [2.24, 2.45) is 0 Å². The number of piperidine rings is 1. The molecule has 1 heterocycles. The molecule has 0 spiro atoms. The molecular formula is C26H29N. The predicted octanol–water partition coefficient (Wildman–Crippen LogP) is 5.97. The molecule has 0 aliphatic carbocycles. The molecule has 1 unspecified atom stereocenters. The molecule has 0 aromatic heterocycles. The average Bonchev–Trinajstić information content (AvgIpc) is 2.73. The van der Waals surface area contributed by atoms with E-state index >= 15 is 0 Å². The number of benzene rings is 3. The zero-order valence-corrected chi connectivity index (χ0v) is 16.4. The summed E-state index contributed by atoms with van der Waals surface area (Å²) in [5.41, 5.74) is 5.69. The lowest BCUT2D eigenvalue weighted by molar-refractivity contribution is 0.105. The number of hydrogen-bond acceptors (Lipinski definition) is 1. The van der Waals surface area contributed by atoms with Crippen LogP contribution in [0.5, 0.6) is 0 Å². The SMILES string of the molecule is Cc1ccc(CN2CC(c3ccccc3)(c3ccccc3)CCC2C)cc1. The van der Waals surface area contributed by atoms with Gasteiger partial charge in [0.15, 0.2) is 0 Å². The van der Waals surface area contributed by atoms with E-state index in [9.17, 15) is 0 Å². The van der Waals surface area contributed by atoms with Crippen LogP contribution in [0.4, 0.5) is 0 Å². The quantitative estimate of drug-likeness (QED) is 0.557. The van der Waals surface area contributed by atoms with Gasteiger partial charge in [0.1, 0.15) is 0 Å². The van der Waals surface area contributed by atoms with Gasteiger partial charge in [-0.15, -0.1) is 0 Å². The van der Waals surface area contributed by atoms with Crippen LogP contribution in [0.2, 0.25) is 0 Å². The number of hydrogen-bond donors (Lipinski definition) is 0. The molecule has 0 amide bonds. The Morgan fingerprint density at radius 2 is 1.37 bits per heavy atom. The topological polar surface area (TPSA) is 3.24 Å². The number of likely N-dealkylation sites (tertiary alicyclic amines) is 1. The van der Waals surface area contributed by atoms with Crippen molar-refractivity contribution in [3.8, 4) is 0 Å². The molecule has 27 heavy (non-hydrogen) atoms. The first-order chi connectivity index (χ1) is 13.2. The van der Waals surface area contributed by atoms with E-state index in [-0.39, 0.29) is 5.41 Å². The highest BCUT2D eigenvalue weighted by Crippen LogP contribution is 2.42. The Hall–Kier alpha value is -2.38. The van der Waals surface area contributed by atoms with E-state index in [2.05, 4.69) is 104 Å². The highest BCUT2D eigenvalue weighted by molar-refractivity contribution is 5.41. The number of nitrogens with zero attached hydrogens (tertiary/aromatic N) is 1. The normalized spacial score (nSPS) is 19.7. The maximum absolute atomic E-state index is 2.67. The molecule has 138 valence electrons. The molecule has 1 aliphatic rings. The number of rotatable bonds is 4. The van der Waals surface area contributed by atoms with Gasteiger partial charge in [0.25, 0.3) is 0 Å². The Balaban J connectivity index is 1.70. The Morgan fingerprint density at radius 1 is 0.815 bits per heavy atom. The minimum atomic E-state index is 0.0692. The van der Waals surface area contributed by atoms with Gasteiger partial charge in [-0.05, 0) is 43.4 Å². The Morgan fingerprint density at radius 3 is 1.93 bits per heavy atom. The van der Waals surface area contributed by atoms with E-state index < -0.39 is 0 Å². The molecule has 1 aliphatic heterocycles. The van der Waals surface area contributed by atoms with Crippen LogP contribution in [0.25, 0.3) is 0 Å². The van der Waals surface area contributed by atoms with Gasteiger partial charge < -0.3 is 0 Å². The molecule has 1 nitrogen and oxygen atoms in total. The fraction of sp³-hybridized carbons (Fsp3) is 0.308. The fourth-order valence-electron chi connectivity index (χ4n) is 4.51. The van der Waals surface area contributed by atoms with Crippen LogP contribution in [-0.2, 0) is 12.0 Å². The maximum Gasteiger partial charge on any atom is 0.0330 e. The van der Waals surface area contributed by atoms with Crippen LogP contribution >= 0.6 is 0 Å². The van der Waals surface area contributed by atoms with Gasteiger partial charge >= 0.3 is 0 Å². The first-order valence-electron chi connectivity index (χ1n) is 10.1. The lowest BCUT2D eigenvalue weighted by atomic mass is 9.68. The minimum absolute atomic E-state index is 0.0692. The summed E-state index contributed by atoms with van der Waals surface area (Å²) >= 11 is 0. The molecule has 1 heteroatoms. The van der Waals surface area contributed by atoms with Crippen molar-refractivity contribution in [2.45, 2.75) is 44.7 Å². The average molecular weight is 356 g/mol. The van der Waals surface area contributed by atoms with E-state index in [1.54, 1.807) is 0 Å². The molecular weight excluding hydrogens is 326 g/mol. The van der Waals surface area contributed by atoms with Gasteiger partial charge in [-0.3, -0.25) is 4.90 Å². The smallest absolute Gasteiger partial charge is 0.0330 e. The standard InChI is InChI=1S/C26H29N/c1-21-13-15-23(16-14-21)19-27-20-26(18-17-22(27)2,24-9-5-3-6-10-24)25-11-7-4-8-12-25/h3-16,22H,17-20H2,1-2H3. The van der Waals surface area contributed by atoms with Crippen molar-refractivity contribution < 1.29 is 0 Å². The summed E-state index contributed by atoms with van der Waals surface area (Å²) < 4.78 is 0. The molecule has 1 saturated heterocycles. The maximum atomic E-state index is 2.67. The van der Waals surface area contributed by atoms with Crippen LogP contribution < -0.4 is 0 Å². The summed E-state index contributed by atoms with van der Waals surface area (Å²) in [7, 11) is 0. The third kappa shape index (κ3) is 3.70. The van der Waals surface area contributed by atoms with E-state index in [1.807, 2.05) is 0 Å². The third-order valence-corrected chi connectivity index (χ3v) is 6.24. The highest BCUT2D eigenvalue weighted by Gasteiger charge is 2.40. The summed E-state index contributed by atoms with van der Waals surface area (Å²) in [5.74, 6) is 0. The van der Waals surface area contributed by atoms with Crippen molar-refractivity contribution in [3.63, 3.8) is 0 Å². The van der Waals surface area contributed by atoms with E-state index in [0.29, 0.717) is 6.04 Å². The first-order valence-corrected chi connectivity index (χ1v) is 10.1. The predicted molar refractivity (Wildman–Crippen MR) is 114 cm³/mol. The molecule has 0 radical (unpaired) electrons. The van der Waals surface area contributed by atoms with Crippen molar-refractivity contribution >= 4 is 0 Å². The second-order valence-electron chi connectivity index (χ2n) is 8.09. The van der Waals surface area contributed by atoms with Gasteiger partial charge in [0.2, 0.25) is 0 Å². The Kier molecular flexibility index (Phi) is 5.13. The van der Waals surface area contributed by atoms with E-state index in [4.69, 9.17) is 0 Å². The largest absolute Gasteiger partial charge is 0.295 e. The molecule has 3 aromatic carbocycles. The van der Waals surface area contributed by atoms with Gasteiger partial charge in [0, 0.05) is 24.5 Å². The first kappa shape index (κ1) is 18.0. The summed E-state index contributed by atoms with van der Waals surface area (Å²) in [4.78, 5) is 2.67. The summed E-state index contributed by atoms with van der Waals surface area (Å²) in [6.45, 7) is 6.62. The van der Waals surface area contributed by atoms with Crippen molar-refractivity contribution in [1.29, 1.82) is 0 Å². The molecule has 0 N–H and O–H groups in total. The van der Waals surface area contributed by atoms with Crippen LogP contribution in [0, 0.1) is 6.92 Å². The van der Waals surface area contributed by atoms with Crippen LogP contribution in [-0.4, -0.2) is 17.5 Å². The molecule has 1 atom stereocenters. The summed E-state index contributed by atoms with van der Waals surface area (Å²) in [6, 6.07) is 31.8. The zero-order valence-electron chi connectivity index (χ0n) is 16.4. The van der Waals surface area contributed by atoms with Gasteiger partial charge in [-0.25, -0.2) is 0 Å². The van der Waals surface area contributed by atoms with Crippen molar-refractivity contribution in [1.82, 2.24) is 4.90 Å². The second kappa shape index (κ2) is 7.70. The number of aryl methyl sites for hydroxylation is 1. The molecule has 0 saturated carbocycles. The van der Waals surface area contributed by atoms with Crippen LogP contribution in [0.3, 0.4) is 0 Å². The van der Waals surface area contributed by atoms with E-state index in [1.165, 1.54) is 35.1 Å². The van der Waals surface area contributed by atoms with Crippen LogP contribution in [0.1, 0.15) is 42.0 Å². The monoisotopic (exact) mass is 355 g/mol. The third-order valence-electron chi connectivity index (χ3n) is 6.24. The Bertz CT molecular complexity index is 812. The molecule has 0 bridgehead atoms. The molecule has 4 rings (SSSR count). The molecule has 1 fully saturated rings. The molecule has 3 aromatic rings. The van der Waals surface area contributed by atoms with Crippen molar-refractivity contribution in [3.05, 3.63) is 107 Å². The second-order valence-corrected chi connectivity index (χ2v) is 8.09. The summed E-state index contributed by atoms with van der Waals surface area (Å²) in [6.07, 6.45) is 2.42. The highest BCUT2D eigenvalue weighted by atomic mass is 15.2. The lowest BCUT2D eigenvalue weighted by Gasteiger charge is -2.47.